The first-order valence-electron chi connectivity index (χ1n) is 4.85. The number of nitrogens with zero attached hydrogens (tertiary/aromatic N) is 1. The normalized spacial score (nSPS) is 11.7. The standard InChI is InChI=1S/C10H16N2O2S/c1-4-5-9-7(2)10(15(11,13)14)6-12-8(9)3/h6H,4-5H2,1-3H3,(H2,11,13,14). The average molecular weight is 228 g/mol. The highest BCUT2D eigenvalue weighted by atomic mass is 32.2. The molecule has 0 unspecified atom stereocenters. The summed E-state index contributed by atoms with van der Waals surface area (Å²) in [6.07, 6.45) is 3.12. The molecule has 0 atom stereocenters. The Kier molecular flexibility index (Phi) is 3.46. The molecule has 1 aromatic heterocycles. The zero-order valence-electron chi connectivity index (χ0n) is 9.24. The van der Waals surface area contributed by atoms with Crippen LogP contribution < -0.4 is 5.14 Å². The Morgan fingerprint density at radius 1 is 1.40 bits per heavy atom. The van der Waals surface area contributed by atoms with Crippen LogP contribution in [-0.2, 0) is 16.4 Å². The van der Waals surface area contributed by atoms with E-state index in [1.807, 2.05) is 13.8 Å². The molecule has 0 radical (unpaired) electrons. The van der Waals surface area contributed by atoms with Crippen LogP contribution in [0.5, 0.6) is 0 Å². The van der Waals surface area contributed by atoms with Gasteiger partial charge in [-0.1, -0.05) is 13.3 Å². The van der Waals surface area contributed by atoms with Gasteiger partial charge in [-0.3, -0.25) is 4.98 Å². The van der Waals surface area contributed by atoms with Crippen LogP contribution >= 0.6 is 0 Å². The fourth-order valence-corrected chi connectivity index (χ4v) is 2.41. The molecule has 0 bridgehead atoms. The van der Waals surface area contributed by atoms with E-state index in [1.54, 1.807) is 6.92 Å². The van der Waals surface area contributed by atoms with Crippen molar-refractivity contribution in [1.82, 2.24) is 4.98 Å². The van der Waals surface area contributed by atoms with Gasteiger partial charge in [-0.2, -0.15) is 0 Å². The van der Waals surface area contributed by atoms with Crippen LogP contribution in [0.25, 0.3) is 0 Å². The molecule has 0 aliphatic heterocycles. The summed E-state index contributed by atoms with van der Waals surface area (Å²) < 4.78 is 22.5. The topological polar surface area (TPSA) is 73.0 Å². The third-order valence-electron chi connectivity index (χ3n) is 2.44. The number of hydrogen-bond donors (Lipinski definition) is 1. The quantitative estimate of drug-likeness (QED) is 0.847. The summed E-state index contributed by atoms with van der Waals surface area (Å²) >= 11 is 0. The Balaban J connectivity index is 3.42. The predicted octanol–water partition coefficient (Wildman–Crippen LogP) is 1.30. The second-order valence-electron chi connectivity index (χ2n) is 3.61. The minimum Gasteiger partial charge on any atom is -0.260 e. The van der Waals surface area contributed by atoms with Gasteiger partial charge >= 0.3 is 0 Å². The van der Waals surface area contributed by atoms with Crippen molar-refractivity contribution >= 4 is 10.0 Å². The largest absolute Gasteiger partial charge is 0.260 e. The molecule has 5 heteroatoms. The highest BCUT2D eigenvalue weighted by Crippen LogP contribution is 2.20. The van der Waals surface area contributed by atoms with Gasteiger partial charge in [0.1, 0.15) is 4.90 Å². The van der Waals surface area contributed by atoms with Gasteiger partial charge in [0.15, 0.2) is 0 Å². The molecule has 84 valence electrons. The first-order valence-corrected chi connectivity index (χ1v) is 6.40. The summed E-state index contributed by atoms with van der Waals surface area (Å²) in [5.74, 6) is 0. The zero-order valence-corrected chi connectivity index (χ0v) is 10.1. The number of primary sulfonamides is 1. The minimum atomic E-state index is -3.65. The third-order valence-corrected chi connectivity index (χ3v) is 3.47. The molecule has 1 heterocycles. The van der Waals surface area contributed by atoms with Crippen LogP contribution in [0.3, 0.4) is 0 Å². The first-order chi connectivity index (χ1) is 6.88. The Hall–Kier alpha value is -0.940. The van der Waals surface area contributed by atoms with Gasteiger partial charge in [-0.15, -0.1) is 0 Å². The summed E-state index contributed by atoms with van der Waals surface area (Å²) in [7, 11) is -3.65. The number of rotatable bonds is 3. The molecule has 0 aromatic carbocycles. The SMILES string of the molecule is CCCc1c(C)ncc(S(N)(=O)=O)c1C. The lowest BCUT2D eigenvalue weighted by atomic mass is 10.0. The van der Waals surface area contributed by atoms with Crippen molar-refractivity contribution in [1.29, 1.82) is 0 Å². The summed E-state index contributed by atoms with van der Waals surface area (Å²) in [4.78, 5) is 4.20. The van der Waals surface area contributed by atoms with Crippen LogP contribution in [0.15, 0.2) is 11.1 Å². The fraction of sp³-hybridized carbons (Fsp3) is 0.500. The van der Waals surface area contributed by atoms with Crippen molar-refractivity contribution in [2.24, 2.45) is 5.14 Å². The van der Waals surface area contributed by atoms with Crippen molar-refractivity contribution in [2.75, 3.05) is 0 Å². The highest BCUT2D eigenvalue weighted by molar-refractivity contribution is 7.89. The third kappa shape index (κ3) is 2.54. The summed E-state index contributed by atoms with van der Waals surface area (Å²) in [5.41, 5.74) is 2.60. The van der Waals surface area contributed by atoms with Gasteiger partial charge in [0.05, 0.1) is 0 Å². The van der Waals surface area contributed by atoms with Crippen LogP contribution in [0.4, 0.5) is 0 Å². The smallest absolute Gasteiger partial charge is 0.239 e. The van der Waals surface area contributed by atoms with Crippen LogP contribution in [0, 0.1) is 13.8 Å². The van der Waals surface area contributed by atoms with E-state index in [1.165, 1.54) is 6.20 Å². The molecule has 2 N–H and O–H groups in total. The van der Waals surface area contributed by atoms with Crippen LogP contribution in [0.1, 0.15) is 30.2 Å². The number of nitrogens with two attached hydrogens (primary N) is 1. The number of aromatic nitrogens is 1. The van der Waals surface area contributed by atoms with E-state index in [-0.39, 0.29) is 4.90 Å². The molecule has 4 nitrogen and oxygen atoms in total. The highest BCUT2D eigenvalue weighted by Gasteiger charge is 2.15. The molecule has 1 rings (SSSR count). The average Bonchev–Trinajstić information content (AvgIpc) is 2.09. The second-order valence-corrected chi connectivity index (χ2v) is 5.14. The van der Waals surface area contributed by atoms with E-state index in [4.69, 9.17) is 5.14 Å². The van der Waals surface area contributed by atoms with E-state index in [9.17, 15) is 8.42 Å². The molecule has 15 heavy (non-hydrogen) atoms. The molecule has 0 amide bonds. The van der Waals surface area contributed by atoms with E-state index in [0.29, 0.717) is 0 Å². The maximum Gasteiger partial charge on any atom is 0.239 e. The summed E-state index contributed by atoms with van der Waals surface area (Å²) in [6, 6.07) is 0. The van der Waals surface area contributed by atoms with Gasteiger partial charge in [-0.25, -0.2) is 13.6 Å². The lowest BCUT2D eigenvalue weighted by Crippen LogP contribution is -2.15. The molecule has 0 saturated carbocycles. The van der Waals surface area contributed by atoms with E-state index < -0.39 is 10.0 Å². The van der Waals surface area contributed by atoms with Gasteiger partial charge in [-0.05, 0) is 31.4 Å². The summed E-state index contributed by atoms with van der Waals surface area (Å²) in [5, 5.41) is 5.10. The molecule has 0 aliphatic carbocycles. The Morgan fingerprint density at radius 2 is 2.00 bits per heavy atom. The lowest BCUT2D eigenvalue weighted by molar-refractivity contribution is 0.596. The maximum absolute atomic E-state index is 11.3. The molecule has 1 aromatic rings. The number of aryl methyl sites for hydroxylation is 1. The number of sulfonamides is 1. The Bertz CT molecular complexity index is 467. The monoisotopic (exact) mass is 228 g/mol. The van der Waals surface area contributed by atoms with Crippen LogP contribution in [0.2, 0.25) is 0 Å². The fourth-order valence-electron chi connectivity index (χ4n) is 1.66. The first kappa shape index (κ1) is 12.1. The Morgan fingerprint density at radius 3 is 2.47 bits per heavy atom. The van der Waals surface area contributed by atoms with Gasteiger partial charge in [0.25, 0.3) is 0 Å². The maximum atomic E-state index is 11.3. The number of pyridine rings is 1. The van der Waals surface area contributed by atoms with Gasteiger partial charge in [0.2, 0.25) is 10.0 Å². The molecule has 0 saturated heterocycles. The van der Waals surface area contributed by atoms with Gasteiger partial charge < -0.3 is 0 Å². The lowest BCUT2D eigenvalue weighted by Gasteiger charge is -2.11. The van der Waals surface area contributed by atoms with E-state index >= 15 is 0 Å². The minimum absolute atomic E-state index is 0.136. The van der Waals surface area contributed by atoms with Crippen LogP contribution in [-0.4, -0.2) is 13.4 Å². The number of hydrogen-bond acceptors (Lipinski definition) is 3. The van der Waals surface area contributed by atoms with Crippen molar-refractivity contribution in [3.05, 3.63) is 23.0 Å². The van der Waals surface area contributed by atoms with Crippen molar-refractivity contribution in [3.8, 4) is 0 Å². The van der Waals surface area contributed by atoms with E-state index in [0.717, 1.165) is 29.7 Å². The van der Waals surface area contributed by atoms with Crippen molar-refractivity contribution in [3.63, 3.8) is 0 Å². The molecular formula is C10H16N2O2S. The predicted molar refractivity (Wildman–Crippen MR) is 59.1 cm³/mol. The molecular weight excluding hydrogens is 212 g/mol. The van der Waals surface area contributed by atoms with Crippen molar-refractivity contribution < 1.29 is 8.42 Å². The molecule has 0 fully saturated rings. The molecule has 0 aliphatic rings. The molecule has 0 spiro atoms. The Labute approximate surface area is 90.6 Å². The zero-order chi connectivity index (χ0) is 11.6. The van der Waals surface area contributed by atoms with E-state index in [2.05, 4.69) is 4.98 Å². The summed E-state index contributed by atoms with van der Waals surface area (Å²) in [6.45, 7) is 5.70. The second kappa shape index (κ2) is 4.28. The van der Waals surface area contributed by atoms with Gasteiger partial charge in [0, 0.05) is 11.9 Å². The van der Waals surface area contributed by atoms with Crippen molar-refractivity contribution in [2.45, 2.75) is 38.5 Å².